The lowest BCUT2D eigenvalue weighted by Crippen LogP contribution is -2.09. The van der Waals surface area contributed by atoms with Crippen molar-refractivity contribution in [3.8, 4) is 11.5 Å². The first-order valence-corrected chi connectivity index (χ1v) is 7.90. The van der Waals surface area contributed by atoms with Gasteiger partial charge in [0.2, 0.25) is 0 Å². The molecule has 0 unspecified atom stereocenters. The average molecular weight is 373 g/mol. The van der Waals surface area contributed by atoms with Gasteiger partial charge in [-0.2, -0.15) is 0 Å². The van der Waals surface area contributed by atoms with Crippen molar-refractivity contribution in [2.24, 2.45) is 0 Å². The van der Waals surface area contributed by atoms with Crippen molar-refractivity contribution in [3.63, 3.8) is 0 Å². The van der Waals surface area contributed by atoms with Crippen LogP contribution in [0.15, 0.2) is 30.3 Å². The van der Waals surface area contributed by atoms with Crippen molar-refractivity contribution in [2.75, 3.05) is 0 Å². The first kappa shape index (κ1) is 19.1. The lowest BCUT2D eigenvalue weighted by atomic mass is 10.1. The van der Waals surface area contributed by atoms with Crippen LogP contribution in [-0.4, -0.2) is 5.97 Å². The number of esters is 1. The van der Waals surface area contributed by atoms with Crippen LogP contribution in [0.3, 0.4) is 0 Å². The van der Waals surface area contributed by atoms with Gasteiger partial charge >= 0.3 is 5.97 Å². The van der Waals surface area contributed by atoms with Gasteiger partial charge in [-0.15, -0.1) is 0 Å². The Bertz CT molecular complexity index is 778. The summed E-state index contributed by atoms with van der Waals surface area (Å²) >= 11 is 6.09. The van der Waals surface area contributed by atoms with E-state index in [4.69, 9.17) is 21.1 Å². The number of aryl methyl sites for hydroxylation is 1. The van der Waals surface area contributed by atoms with E-state index in [1.807, 2.05) is 0 Å². The second-order valence-corrected chi connectivity index (χ2v) is 5.68. The lowest BCUT2D eigenvalue weighted by Gasteiger charge is -2.15. The fraction of sp³-hybridized carbons (Fsp3) is 0.278. The molecule has 25 heavy (non-hydrogen) atoms. The topological polar surface area (TPSA) is 35.5 Å². The van der Waals surface area contributed by atoms with Crippen molar-refractivity contribution in [3.05, 3.63) is 57.9 Å². The van der Waals surface area contributed by atoms with Crippen LogP contribution in [0.4, 0.5) is 13.2 Å². The van der Waals surface area contributed by atoms with Gasteiger partial charge in [-0.25, -0.2) is 13.2 Å². The highest BCUT2D eigenvalue weighted by molar-refractivity contribution is 6.31. The van der Waals surface area contributed by atoms with E-state index >= 15 is 0 Å². The Hall–Kier alpha value is -2.21. The van der Waals surface area contributed by atoms with Crippen molar-refractivity contribution >= 4 is 17.6 Å². The molecule has 7 heteroatoms. The molecule has 0 atom stereocenters. The molecule has 0 aliphatic rings. The number of hydrogen-bond donors (Lipinski definition) is 0. The summed E-state index contributed by atoms with van der Waals surface area (Å²) in [6.07, 6.45) is -2.66. The Morgan fingerprint density at radius 2 is 1.96 bits per heavy atom. The van der Waals surface area contributed by atoms with Crippen LogP contribution in [0.1, 0.15) is 36.5 Å². The Balaban J connectivity index is 2.30. The summed E-state index contributed by atoms with van der Waals surface area (Å²) in [5.74, 6) is -1.24. The predicted octanol–water partition coefficient (Wildman–Crippen LogP) is 5.62. The number of benzene rings is 2. The number of carbonyl (C=O) groups is 1. The molecule has 0 aliphatic heterocycles. The van der Waals surface area contributed by atoms with Crippen LogP contribution in [0.2, 0.25) is 5.02 Å². The van der Waals surface area contributed by atoms with Gasteiger partial charge in [0.1, 0.15) is 23.9 Å². The molecule has 0 aromatic heterocycles. The molecule has 0 saturated carbocycles. The minimum atomic E-state index is -2.82. The van der Waals surface area contributed by atoms with Crippen molar-refractivity contribution < 1.29 is 27.4 Å². The summed E-state index contributed by atoms with van der Waals surface area (Å²) in [6, 6.07) is 6.60. The Kier molecular flexibility index (Phi) is 6.31. The molecular weight excluding hydrogens is 357 g/mol. The van der Waals surface area contributed by atoms with Crippen LogP contribution >= 0.6 is 11.6 Å². The van der Waals surface area contributed by atoms with E-state index < -0.39 is 23.8 Å². The molecule has 2 aromatic carbocycles. The molecule has 0 aliphatic carbocycles. The van der Waals surface area contributed by atoms with E-state index in [-0.39, 0.29) is 35.1 Å². The summed E-state index contributed by atoms with van der Waals surface area (Å²) in [4.78, 5) is 11.5. The summed E-state index contributed by atoms with van der Waals surface area (Å²) in [7, 11) is 0. The monoisotopic (exact) mass is 372 g/mol. The van der Waals surface area contributed by atoms with Gasteiger partial charge in [-0.05, 0) is 30.7 Å². The molecule has 3 nitrogen and oxygen atoms in total. The molecule has 0 fully saturated rings. The molecule has 0 heterocycles. The Morgan fingerprint density at radius 1 is 1.24 bits per heavy atom. The van der Waals surface area contributed by atoms with Gasteiger partial charge in [0.25, 0.3) is 6.43 Å². The number of alkyl halides is 2. The maximum atomic E-state index is 13.7. The Labute approximate surface area is 148 Å². The van der Waals surface area contributed by atoms with Crippen LogP contribution in [0.5, 0.6) is 11.5 Å². The van der Waals surface area contributed by atoms with Gasteiger partial charge in [-0.3, -0.25) is 4.79 Å². The highest BCUT2D eigenvalue weighted by atomic mass is 35.5. The van der Waals surface area contributed by atoms with E-state index in [0.717, 1.165) is 12.1 Å². The first-order chi connectivity index (χ1) is 11.8. The highest BCUT2D eigenvalue weighted by Crippen LogP contribution is 2.34. The van der Waals surface area contributed by atoms with Gasteiger partial charge in [0.05, 0.1) is 16.1 Å². The first-order valence-electron chi connectivity index (χ1n) is 7.52. The molecule has 0 bridgehead atoms. The third-order valence-corrected chi connectivity index (χ3v) is 3.84. The third-order valence-electron chi connectivity index (χ3n) is 3.49. The van der Waals surface area contributed by atoms with Crippen LogP contribution < -0.4 is 9.47 Å². The summed E-state index contributed by atoms with van der Waals surface area (Å²) < 4.78 is 50.5. The van der Waals surface area contributed by atoms with Crippen molar-refractivity contribution in [1.29, 1.82) is 0 Å². The highest BCUT2D eigenvalue weighted by Gasteiger charge is 2.19. The molecule has 0 amide bonds. The smallest absolute Gasteiger partial charge is 0.310 e. The second kappa shape index (κ2) is 8.25. The largest absolute Gasteiger partial charge is 0.488 e. The lowest BCUT2D eigenvalue weighted by molar-refractivity contribution is -0.134. The van der Waals surface area contributed by atoms with E-state index in [0.29, 0.717) is 5.56 Å². The summed E-state index contributed by atoms with van der Waals surface area (Å²) in [5, 5.41) is 0.243. The normalized spacial score (nSPS) is 10.8. The number of rotatable bonds is 6. The maximum absolute atomic E-state index is 13.7. The second-order valence-electron chi connectivity index (χ2n) is 5.27. The van der Waals surface area contributed by atoms with Crippen molar-refractivity contribution in [2.45, 2.75) is 33.3 Å². The molecule has 134 valence electrons. The SMILES string of the molecule is CCC(=O)Oc1cccc(Cl)c1COc1cc(F)c(C)cc1C(F)F. The molecule has 0 spiro atoms. The quantitative estimate of drug-likeness (QED) is 0.487. The zero-order valence-electron chi connectivity index (χ0n) is 13.6. The number of halogens is 4. The minimum Gasteiger partial charge on any atom is -0.488 e. The Morgan fingerprint density at radius 3 is 2.60 bits per heavy atom. The molecule has 0 saturated heterocycles. The number of carbonyl (C=O) groups excluding carboxylic acids is 1. The summed E-state index contributed by atoms with van der Waals surface area (Å²) in [5.41, 5.74) is -0.0109. The number of ether oxygens (including phenoxy) is 2. The average Bonchev–Trinajstić information content (AvgIpc) is 2.56. The summed E-state index contributed by atoms with van der Waals surface area (Å²) in [6.45, 7) is 2.77. The van der Waals surface area contributed by atoms with Gasteiger partial charge < -0.3 is 9.47 Å². The van der Waals surface area contributed by atoms with Crippen molar-refractivity contribution in [1.82, 2.24) is 0 Å². The fourth-order valence-electron chi connectivity index (χ4n) is 2.10. The molecule has 2 aromatic rings. The minimum absolute atomic E-state index is 0.0953. The fourth-order valence-corrected chi connectivity index (χ4v) is 2.32. The van der Waals surface area contributed by atoms with Crippen LogP contribution in [-0.2, 0) is 11.4 Å². The van der Waals surface area contributed by atoms with Crippen LogP contribution in [0.25, 0.3) is 0 Å². The number of hydrogen-bond acceptors (Lipinski definition) is 3. The third kappa shape index (κ3) is 4.66. The van der Waals surface area contributed by atoms with E-state index in [1.54, 1.807) is 19.1 Å². The zero-order valence-corrected chi connectivity index (χ0v) is 14.4. The maximum Gasteiger partial charge on any atom is 0.310 e. The van der Waals surface area contributed by atoms with E-state index in [2.05, 4.69) is 0 Å². The predicted molar refractivity (Wildman–Crippen MR) is 87.8 cm³/mol. The van der Waals surface area contributed by atoms with E-state index in [1.165, 1.54) is 13.0 Å². The molecule has 0 radical (unpaired) electrons. The van der Waals surface area contributed by atoms with Gasteiger partial charge in [0, 0.05) is 12.5 Å². The molecule has 0 N–H and O–H groups in total. The molecule has 2 rings (SSSR count). The van der Waals surface area contributed by atoms with Gasteiger partial charge in [0.15, 0.2) is 0 Å². The van der Waals surface area contributed by atoms with E-state index in [9.17, 15) is 18.0 Å². The van der Waals surface area contributed by atoms with Crippen LogP contribution in [0, 0.1) is 12.7 Å². The zero-order chi connectivity index (χ0) is 18.6. The molecular formula is C18H16ClF3O3. The van der Waals surface area contributed by atoms with Gasteiger partial charge in [-0.1, -0.05) is 24.6 Å². The standard InChI is InChI=1S/C18H16ClF3O3/c1-3-17(23)25-15-6-4-5-13(19)12(15)9-24-16-8-14(20)10(2)7-11(16)18(21)22/h4-8,18H,3,9H2,1-2H3.